The first kappa shape index (κ1) is 27.2. The Morgan fingerprint density at radius 1 is 1.16 bits per heavy atom. The molecule has 0 atom stereocenters. The predicted octanol–water partition coefficient (Wildman–Crippen LogP) is 6.43. The Morgan fingerprint density at radius 2 is 1.97 bits per heavy atom. The monoisotopic (exact) mass is 537 g/mol. The number of aryl methyl sites for hydroxylation is 1. The van der Waals surface area contributed by atoms with Crippen LogP contribution in [0.4, 0.5) is 0 Å². The van der Waals surface area contributed by atoms with Crippen LogP contribution in [0, 0.1) is 0 Å². The largest absolute Gasteiger partial charge is 0.466 e. The van der Waals surface area contributed by atoms with Gasteiger partial charge in [0, 0.05) is 35.2 Å². The third kappa shape index (κ3) is 6.36. The van der Waals surface area contributed by atoms with Crippen LogP contribution in [0.1, 0.15) is 51.6 Å². The van der Waals surface area contributed by atoms with Crippen molar-refractivity contribution in [2.75, 3.05) is 18.9 Å². The molecule has 1 fully saturated rings. The average Bonchev–Trinajstić information content (AvgIpc) is 3.25. The zero-order valence-electron chi connectivity index (χ0n) is 21.8. The third-order valence-corrected chi connectivity index (χ3v) is 8.25. The van der Waals surface area contributed by atoms with Crippen LogP contribution >= 0.6 is 23.4 Å². The van der Waals surface area contributed by atoms with E-state index in [0.29, 0.717) is 18.9 Å². The van der Waals surface area contributed by atoms with E-state index >= 15 is 0 Å². The van der Waals surface area contributed by atoms with Gasteiger partial charge in [-0.05, 0) is 61.5 Å². The number of carbonyl (C=O) groups is 2. The van der Waals surface area contributed by atoms with Crippen molar-refractivity contribution in [3.8, 4) is 0 Å². The summed E-state index contributed by atoms with van der Waals surface area (Å²) in [5.74, 6) is 0.183. The van der Waals surface area contributed by atoms with E-state index in [4.69, 9.17) is 16.3 Å². The molecule has 1 amide bonds. The maximum Gasteiger partial charge on any atom is 0.310 e. The van der Waals surface area contributed by atoms with Crippen LogP contribution in [0.2, 0.25) is 0 Å². The number of pyridine rings is 1. The molecule has 1 saturated heterocycles. The van der Waals surface area contributed by atoms with Gasteiger partial charge in [0.2, 0.25) is 17.1 Å². The molecular weight excluding hydrogens is 504 g/mol. The fourth-order valence-electron chi connectivity index (χ4n) is 4.78. The van der Waals surface area contributed by atoms with Crippen LogP contribution in [0.5, 0.6) is 0 Å². The minimum Gasteiger partial charge on any atom is -0.466 e. The topological polar surface area (TPSA) is 50.5 Å². The molecule has 0 radical (unpaired) electrons. The number of esters is 1. The first-order valence-corrected chi connectivity index (χ1v) is 14.3. The first-order chi connectivity index (χ1) is 17.9. The van der Waals surface area contributed by atoms with Gasteiger partial charge in [0.15, 0.2) is 0 Å². The minimum atomic E-state index is -0.293. The van der Waals surface area contributed by atoms with E-state index in [9.17, 15) is 9.59 Å². The molecule has 1 aliphatic carbocycles. The molecule has 0 N–H and O–H groups in total. The summed E-state index contributed by atoms with van der Waals surface area (Å²) in [6, 6.07) is 12.6. The van der Waals surface area contributed by atoms with E-state index in [2.05, 4.69) is 48.0 Å². The fraction of sp³-hybridized carbons (Fsp3) is 0.367. The van der Waals surface area contributed by atoms with Gasteiger partial charge >= 0.3 is 5.97 Å². The standard InChI is InChI=1S/C30H34ClN2O3S/c1-4-17-33-27(34)20-37-30(33)24(19-28(35)36-5-2)18-23-11-8-10-22(29(23)31)14-16-25-15-13-21-9-6-7-12-26(21)32(25)3/h6-7,9,12-16,18H,4-5,8,10-11,17,19-20H2,1-3H3/q+1. The Bertz CT molecular complexity index is 1330. The quantitative estimate of drug-likeness (QED) is 0.287. The van der Waals surface area contributed by atoms with Gasteiger partial charge in [-0.25, -0.2) is 0 Å². The summed E-state index contributed by atoms with van der Waals surface area (Å²) in [6.07, 6.45) is 9.89. The molecule has 0 bridgehead atoms. The number of fused-ring (bicyclic) bond motifs is 1. The van der Waals surface area contributed by atoms with Crippen molar-refractivity contribution in [1.29, 1.82) is 0 Å². The molecule has 7 heteroatoms. The van der Waals surface area contributed by atoms with E-state index in [0.717, 1.165) is 58.2 Å². The number of rotatable bonds is 8. The maximum absolute atomic E-state index is 12.5. The number of nitrogens with zero attached hydrogens (tertiary/aromatic N) is 2. The van der Waals surface area contributed by atoms with Gasteiger partial charge < -0.3 is 9.64 Å². The molecule has 194 valence electrons. The summed E-state index contributed by atoms with van der Waals surface area (Å²) < 4.78 is 7.43. The highest BCUT2D eigenvalue weighted by Gasteiger charge is 2.29. The molecule has 2 aliphatic rings. The SMILES string of the molecule is CCCN1C(=O)CS/C1=C(/C=C1\CCCC(/C=C/c2ccc3ccccc3[n+]2C)=C1Cl)CC(=O)OCC. The molecule has 37 heavy (non-hydrogen) atoms. The number of allylic oxidation sites excluding steroid dienone is 5. The van der Waals surface area contributed by atoms with E-state index in [1.54, 1.807) is 11.8 Å². The Kier molecular flexibility index (Phi) is 9.28. The lowest BCUT2D eigenvalue weighted by Crippen LogP contribution is -2.32. The van der Waals surface area contributed by atoms with Crippen LogP contribution in [0.25, 0.3) is 17.0 Å². The Hall–Kier alpha value is -2.83. The van der Waals surface area contributed by atoms with Crippen molar-refractivity contribution in [3.05, 3.63) is 81.0 Å². The molecule has 0 unspecified atom stereocenters. The summed E-state index contributed by atoms with van der Waals surface area (Å²) in [5.41, 5.74) is 5.14. The van der Waals surface area contributed by atoms with Crippen LogP contribution in [-0.2, 0) is 21.4 Å². The summed E-state index contributed by atoms with van der Waals surface area (Å²) in [4.78, 5) is 26.8. The lowest BCUT2D eigenvalue weighted by molar-refractivity contribution is -0.646. The van der Waals surface area contributed by atoms with Crippen LogP contribution in [0.3, 0.4) is 0 Å². The van der Waals surface area contributed by atoms with Crippen LogP contribution in [-0.4, -0.2) is 35.7 Å². The molecule has 1 aromatic carbocycles. The zero-order valence-corrected chi connectivity index (χ0v) is 23.3. The zero-order chi connectivity index (χ0) is 26.4. The van der Waals surface area contributed by atoms with Crippen molar-refractivity contribution < 1.29 is 18.9 Å². The second kappa shape index (κ2) is 12.6. The molecule has 0 saturated carbocycles. The molecule has 1 aromatic heterocycles. The smallest absolute Gasteiger partial charge is 0.310 e. The molecule has 2 heterocycles. The van der Waals surface area contributed by atoms with Crippen LogP contribution < -0.4 is 4.57 Å². The van der Waals surface area contributed by atoms with Crippen molar-refractivity contribution in [1.82, 2.24) is 4.90 Å². The lowest BCUT2D eigenvalue weighted by Gasteiger charge is -2.21. The number of hydrogen-bond donors (Lipinski definition) is 0. The number of amides is 1. The third-order valence-electron chi connectivity index (χ3n) is 6.62. The van der Waals surface area contributed by atoms with Gasteiger partial charge in [-0.3, -0.25) is 9.59 Å². The van der Waals surface area contributed by atoms with E-state index < -0.39 is 0 Å². The molecular formula is C30H34ClN2O3S+. The maximum atomic E-state index is 12.5. The number of halogens is 1. The summed E-state index contributed by atoms with van der Waals surface area (Å²) in [7, 11) is 2.07. The number of para-hydroxylation sites is 1. The highest BCUT2D eigenvalue weighted by molar-refractivity contribution is 8.04. The van der Waals surface area contributed by atoms with Gasteiger partial charge in [0.05, 0.1) is 23.8 Å². The molecule has 2 aromatic rings. The normalized spacial score (nSPS) is 19.0. The lowest BCUT2D eigenvalue weighted by atomic mass is 9.92. The fourth-order valence-corrected chi connectivity index (χ4v) is 6.17. The number of ether oxygens (including phenoxy) is 1. The molecule has 5 nitrogen and oxygen atoms in total. The van der Waals surface area contributed by atoms with Gasteiger partial charge in [-0.2, -0.15) is 4.57 Å². The van der Waals surface area contributed by atoms with Crippen LogP contribution in [0.15, 0.2) is 75.3 Å². The second-order valence-corrected chi connectivity index (χ2v) is 10.6. The highest BCUT2D eigenvalue weighted by atomic mass is 35.5. The molecule has 1 aliphatic heterocycles. The highest BCUT2D eigenvalue weighted by Crippen LogP contribution is 2.38. The molecule has 4 rings (SSSR count). The van der Waals surface area contributed by atoms with E-state index in [1.807, 2.05) is 25.1 Å². The van der Waals surface area contributed by atoms with Crippen molar-refractivity contribution in [2.45, 2.75) is 46.0 Å². The van der Waals surface area contributed by atoms with Gasteiger partial charge in [-0.1, -0.05) is 54.6 Å². The Balaban J connectivity index is 1.69. The van der Waals surface area contributed by atoms with Gasteiger partial charge in [-0.15, -0.1) is 0 Å². The van der Waals surface area contributed by atoms with Gasteiger partial charge in [0.25, 0.3) is 0 Å². The Morgan fingerprint density at radius 3 is 2.76 bits per heavy atom. The number of carbonyl (C=O) groups excluding carboxylic acids is 2. The van der Waals surface area contributed by atoms with Crippen molar-refractivity contribution >= 4 is 52.2 Å². The number of hydrogen-bond acceptors (Lipinski definition) is 4. The van der Waals surface area contributed by atoms with Crippen molar-refractivity contribution in [2.24, 2.45) is 7.05 Å². The Labute approximate surface area is 228 Å². The van der Waals surface area contributed by atoms with Crippen molar-refractivity contribution in [3.63, 3.8) is 0 Å². The summed E-state index contributed by atoms with van der Waals surface area (Å²) in [5, 5.41) is 2.77. The van der Waals surface area contributed by atoms with E-state index in [-0.39, 0.29) is 18.3 Å². The summed E-state index contributed by atoms with van der Waals surface area (Å²) >= 11 is 8.45. The minimum absolute atomic E-state index is 0.0822. The average molecular weight is 538 g/mol. The number of benzene rings is 1. The number of aromatic nitrogens is 1. The summed E-state index contributed by atoms with van der Waals surface area (Å²) in [6.45, 7) is 4.81. The van der Waals surface area contributed by atoms with Gasteiger partial charge in [0.1, 0.15) is 7.05 Å². The molecule has 0 spiro atoms. The van der Waals surface area contributed by atoms with E-state index in [1.165, 1.54) is 22.7 Å². The predicted molar refractivity (Wildman–Crippen MR) is 152 cm³/mol. The second-order valence-electron chi connectivity index (χ2n) is 9.22. The number of thioether (sulfide) groups is 1. The first-order valence-electron chi connectivity index (χ1n) is 12.9.